The third-order valence-electron chi connectivity index (χ3n) is 2.76. The van der Waals surface area contributed by atoms with Crippen molar-refractivity contribution in [3.63, 3.8) is 0 Å². The Kier molecular flexibility index (Phi) is 4.13. The van der Waals surface area contributed by atoms with Gasteiger partial charge < -0.3 is 4.74 Å². The lowest BCUT2D eigenvalue weighted by Crippen LogP contribution is -2.39. The third kappa shape index (κ3) is 2.95. The summed E-state index contributed by atoms with van der Waals surface area (Å²) in [5.74, 6) is 0. The summed E-state index contributed by atoms with van der Waals surface area (Å²) in [7, 11) is -3.65. The van der Waals surface area contributed by atoms with E-state index in [-0.39, 0.29) is 27.2 Å². The maximum atomic E-state index is 12.1. The molecule has 2 rings (SSSR count). The van der Waals surface area contributed by atoms with Gasteiger partial charge in [0.2, 0.25) is 10.0 Å². The molecule has 2 atom stereocenters. The Hall–Kier alpha value is -0.400. The first-order valence-electron chi connectivity index (χ1n) is 5.35. The van der Waals surface area contributed by atoms with Crippen LogP contribution in [0.25, 0.3) is 0 Å². The molecule has 0 aliphatic carbocycles. The molecule has 5 nitrogen and oxygen atoms in total. The summed E-state index contributed by atoms with van der Waals surface area (Å²) in [6.07, 6.45) is 1.68. The number of nitrogens with zero attached hydrogens (tertiary/aromatic N) is 1. The standard InChI is InChI=1S/C10H12Cl2N2O3S/c1-6-9(2-3-17-6)14-18(15,16)7-4-8(11)10(12)13-5-7/h4-6,9,14H,2-3H2,1H3. The summed E-state index contributed by atoms with van der Waals surface area (Å²) in [6, 6.07) is 1.05. The van der Waals surface area contributed by atoms with Crippen LogP contribution in [0.2, 0.25) is 10.2 Å². The van der Waals surface area contributed by atoms with Crippen molar-refractivity contribution in [1.82, 2.24) is 9.71 Å². The highest BCUT2D eigenvalue weighted by atomic mass is 35.5. The van der Waals surface area contributed by atoms with Gasteiger partial charge in [-0.05, 0) is 19.4 Å². The molecule has 0 aromatic carbocycles. The van der Waals surface area contributed by atoms with Crippen molar-refractivity contribution in [2.45, 2.75) is 30.4 Å². The average molecular weight is 311 g/mol. The number of nitrogens with one attached hydrogen (secondary N) is 1. The van der Waals surface area contributed by atoms with E-state index in [2.05, 4.69) is 9.71 Å². The maximum Gasteiger partial charge on any atom is 0.242 e. The Morgan fingerprint density at radius 3 is 2.78 bits per heavy atom. The van der Waals surface area contributed by atoms with Gasteiger partial charge in [0.15, 0.2) is 0 Å². The third-order valence-corrected chi connectivity index (χ3v) is 4.91. The van der Waals surface area contributed by atoms with Crippen molar-refractivity contribution < 1.29 is 13.2 Å². The van der Waals surface area contributed by atoms with E-state index in [1.165, 1.54) is 12.3 Å². The van der Waals surface area contributed by atoms with Crippen LogP contribution >= 0.6 is 23.2 Å². The first-order valence-corrected chi connectivity index (χ1v) is 7.59. The monoisotopic (exact) mass is 310 g/mol. The zero-order valence-electron chi connectivity index (χ0n) is 9.56. The van der Waals surface area contributed by atoms with Gasteiger partial charge in [-0.3, -0.25) is 0 Å². The number of halogens is 2. The number of sulfonamides is 1. The van der Waals surface area contributed by atoms with Crippen molar-refractivity contribution in [1.29, 1.82) is 0 Å². The normalized spacial score (nSPS) is 24.4. The van der Waals surface area contributed by atoms with Gasteiger partial charge in [0.25, 0.3) is 0 Å². The summed E-state index contributed by atoms with van der Waals surface area (Å²) < 4.78 is 32.1. The maximum absolute atomic E-state index is 12.1. The van der Waals surface area contributed by atoms with Gasteiger partial charge in [-0.15, -0.1) is 0 Å². The summed E-state index contributed by atoms with van der Waals surface area (Å²) in [5.41, 5.74) is 0. The molecular formula is C10H12Cl2N2O3S. The summed E-state index contributed by atoms with van der Waals surface area (Å²) in [5, 5.41) is 0.184. The van der Waals surface area contributed by atoms with Gasteiger partial charge in [-0.1, -0.05) is 23.2 Å². The molecule has 0 saturated carbocycles. The van der Waals surface area contributed by atoms with Crippen LogP contribution in [0.4, 0.5) is 0 Å². The minimum atomic E-state index is -3.65. The number of rotatable bonds is 3. The Morgan fingerprint density at radius 1 is 1.50 bits per heavy atom. The predicted octanol–water partition coefficient (Wildman–Crippen LogP) is 1.84. The summed E-state index contributed by atoms with van der Waals surface area (Å²) >= 11 is 11.4. The average Bonchev–Trinajstić information content (AvgIpc) is 2.67. The quantitative estimate of drug-likeness (QED) is 0.865. The fourth-order valence-electron chi connectivity index (χ4n) is 1.70. The molecular weight excluding hydrogens is 299 g/mol. The lowest BCUT2D eigenvalue weighted by atomic mass is 10.2. The highest BCUT2D eigenvalue weighted by Gasteiger charge is 2.29. The smallest absolute Gasteiger partial charge is 0.242 e. The number of ether oxygens (including phenoxy) is 1. The van der Waals surface area contributed by atoms with E-state index in [0.717, 1.165) is 0 Å². The van der Waals surface area contributed by atoms with Crippen molar-refractivity contribution in [2.75, 3.05) is 6.61 Å². The highest BCUT2D eigenvalue weighted by molar-refractivity contribution is 7.89. The van der Waals surface area contributed by atoms with Crippen LogP contribution < -0.4 is 4.72 Å². The number of aromatic nitrogens is 1. The fraction of sp³-hybridized carbons (Fsp3) is 0.500. The highest BCUT2D eigenvalue weighted by Crippen LogP contribution is 2.23. The van der Waals surface area contributed by atoms with Gasteiger partial charge in [-0.2, -0.15) is 0 Å². The van der Waals surface area contributed by atoms with Crippen molar-refractivity contribution in [3.8, 4) is 0 Å². The first kappa shape index (κ1) is 14.0. The minimum absolute atomic E-state index is 0.00370. The lowest BCUT2D eigenvalue weighted by molar-refractivity contribution is 0.117. The zero-order chi connectivity index (χ0) is 13.3. The molecule has 0 amide bonds. The molecule has 2 unspecified atom stereocenters. The number of pyridine rings is 1. The molecule has 1 N–H and O–H groups in total. The van der Waals surface area contributed by atoms with E-state index in [1.54, 1.807) is 0 Å². The van der Waals surface area contributed by atoms with Gasteiger partial charge >= 0.3 is 0 Å². The molecule has 1 aliphatic heterocycles. The molecule has 0 bridgehead atoms. The van der Waals surface area contributed by atoms with Gasteiger partial charge in [-0.25, -0.2) is 18.1 Å². The van der Waals surface area contributed by atoms with E-state index >= 15 is 0 Å². The van der Waals surface area contributed by atoms with Crippen LogP contribution in [-0.4, -0.2) is 32.2 Å². The van der Waals surface area contributed by atoms with Crippen LogP contribution in [0, 0.1) is 0 Å². The Bertz CT molecular complexity index is 550. The van der Waals surface area contributed by atoms with E-state index in [4.69, 9.17) is 27.9 Å². The first-order chi connectivity index (χ1) is 8.40. The second kappa shape index (κ2) is 5.30. The minimum Gasteiger partial charge on any atom is -0.377 e. The van der Waals surface area contributed by atoms with Gasteiger partial charge in [0.1, 0.15) is 10.0 Å². The SMILES string of the molecule is CC1OCCC1NS(=O)(=O)c1cnc(Cl)c(Cl)c1. The molecule has 1 fully saturated rings. The Morgan fingerprint density at radius 2 is 2.22 bits per heavy atom. The topological polar surface area (TPSA) is 68.3 Å². The van der Waals surface area contributed by atoms with Crippen LogP contribution in [-0.2, 0) is 14.8 Å². The van der Waals surface area contributed by atoms with E-state index in [0.29, 0.717) is 13.0 Å². The Balaban J connectivity index is 2.22. The molecule has 0 spiro atoms. The largest absolute Gasteiger partial charge is 0.377 e. The van der Waals surface area contributed by atoms with E-state index in [1.807, 2.05) is 6.92 Å². The lowest BCUT2D eigenvalue weighted by Gasteiger charge is -2.16. The molecule has 1 aromatic rings. The molecule has 0 radical (unpaired) electrons. The molecule has 1 saturated heterocycles. The van der Waals surface area contributed by atoms with Crippen LogP contribution in [0.1, 0.15) is 13.3 Å². The second-order valence-corrected chi connectivity index (χ2v) is 6.52. The van der Waals surface area contributed by atoms with Crippen LogP contribution in [0.5, 0.6) is 0 Å². The molecule has 18 heavy (non-hydrogen) atoms. The molecule has 8 heteroatoms. The number of hydrogen-bond donors (Lipinski definition) is 1. The van der Waals surface area contributed by atoms with Gasteiger partial charge in [0.05, 0.1) is 17.2 Å². The molecule has 100 valence electrons. The van der Waals surface area contributed by atoms with Gasteiger partial charge in [0, 0.05) is 12.8 Å². The summed E-state index contributed by atoms with van der Waals surface area (Å²) in [4.78, 5) is 3.72. The predicted molar refractivity (Wildman–Crippen MR) is 68.4 cm³/mol. The van der Waals surface area contributed by atoms with Crippen molar-refractivity contribution >= 4 is 33.2 Å². The fourth-order valence-corrected chi connectivity index (χ4v) is 3.35. The van der Waals surface area contributed by atoms with Crippen molar-refractivity contribution in [3.05, 3.63) is 22.4 Å². The van der Waals surface area contributed by atoms with Crippen LogP contribution in [0.15, 0.2) is 17.2 Å². The molecule has 1 aliphatic rings. The second-order valence-electron chi connectivity index (χ2n) is 4.04. The van der Waals surface area contributed by atoms with Crippen molar-refractivity contribution in [2.24, 2.45) is 0 Å². The van der Waals surface area contributed by atoms with Crippen LogP contribution in [0.3, 0.4) is 0 Å². The van der Waals surface area contributed by atoms with E-state index < -0.39 is 10.0 Å². The summed E-state index contributed by atoms with van der Waals surface area (Å²) in [6.45, 7) is 2.38. The van der Waals surface area contributed by atoms with E-state index in [9.17, 15) is 8.42 Å². The zero-order valence-corrected chi connectivity index (χ0v) is 11.9. The number of hydrogen-bond acceptors (Lipinski definition) is 4. The Labute approximate surface area is 116 Å². The molecule has 2 heterocycles. The molecule has 1 aromatic heterocycles.